The van der Waals surface area contributed by atoms with Crippen LogP contribution in [0.1, 0.15) is 30.8 Å². The quantitative estimate of drug-likeness (QED) is 0.527. The molecule has 0 bridgehead atoms. The van der Waals surface area contributed by atoms with E-state index in [9.17, 15) is 14.7 Å². The molecular weight excluding hydrogens is 312 g/mol. The lowest BCUT2D eigenvalue weighted by Gasteiger charge is -2.18. The average Bonchev–Trinajstić information content (AvgIpc) is 2.97. The molecule has 0 radical (unpaired) electrons. The number of thioether (sulfide) groups is 1. The molecule has 9 heteroatoms. The summed E-state index contributed by atoms with van der Waals surface area (Å²) in [6.45, 7) is 4.13. The summed E-state index contributed by atoms with van der Waals surface area (Å²) in [7, 11) is 0. The maximum absolute atomic E-state index is 11.7. The molecule has 0 saturated heterocycles. The second-order valence-corrected chi connectivity index (χ2v) is 7.04. The van der Waals surface area contributed by atoms with Crippen LogP contribution < -0.4 is 16.6 Å². The van der Waals surface area contributed by atoms with E-state index in [2.05, 4.69) is 29.7 Å². The molecule has 118 valence electrons. The predicted octanol–water partition coefficient (Wildman–Crippen LogP) is 0.124. The number of aliphatic hydroxyl groups excluding tert-OH is 1. The SMILES string of the molecule is CC(C)SCC[C@@H](N)C(O)C(=O)NNC(=O)c1cscn1. The predicted molar refractivity (Wildman–Crippen MR) is 83.9 cm³/mol. The lowest BCUT2D eigenvalue weighted by Crippen LogP contribution is -2.52. The number of aliphatic hydroxyl groups is 1. The van der Waals surface area contributed by atoms with E-state index in [1.54, 1.807) is 17.1 Å². The van der Waals surface area contributed by atoms with Gasteiger partial charge >= 0.3 is 0 Å². The minimum absolute atomic E-state index is 0.201. The molecule has 1 aromatic heterocycles. The van der Waals surface area contributed by atoms with Crippen molar-refractivity contribution in [3.05, 3.63) is 16.6 Å². The number of hydrazine groups is 1. The second kappa shape index (κ2) is 8.98. The van der Waals surface area contributed by atoms with Crippen molar-refractivity contribution in [3.63, 3.8) is 0 Å². The van der Waals surface area contributed by atoms with E-state index in [1.807, 2.05) is 0 Å². The molecule has 0 spiro atoms. The Morgan fingerprint density at radius 2 is 2.19 bits per heavy atom. The van der Waals surface area contributed by atoms with Crippen molar-refractivity contribution in [2.45, 2.75) is 37.7 Å². The number of carbonyl (C=O) groups is 2. The van der Waals surface area contributed by atoms with Crippen LogP contribution >= 0.6 is 23.1 Å². The minimum Gasteiger partial charge on any atom is -0.382 e. The molecule has 1 heterocycles. The molecule has 2 amide bonds. The number of nitrogens with two attached hydrogens (primary N) is 1. The smallest absolute Gasteiger partial charge is 0.289 e. The molecular formula is C12H20N4O3S2. The Labute approximate surface area is 131 Å². The van der Waals surface area contributed by atoms with Crippen LogP contribution in [0.5, 0.6) is 0 Å². The first-order valence-electron chi connectivity index (χ1n) is 6.45. The molecule has 1 aromatic rings. The fourth-order valence-electron chi connectivity index (χ4n) is 1.37. The highest BCUT2D eigenvalue weighted by molar-refractivity contribution is 7.99. The summed E-state index contributed by atoms with van der Waals surface area (Å²) in [4.78, 5) is 27.0. The fourth-order valence-corrected chi connectivity index (χ4v) is 2.78. The third kappa shape index (κ3) is 6.42. The molecule has 0 aliphatic carbocycles. The van der Waals surface area contributed by atoms with Gasteiger partial charge < -0.3 is 10.8 Å². The molecule has 2 atom stereocenters. The fraction of sp³-hybridized carbons (Fsp3) is 0.583. The Morgan fingerprint density at radius 3 is 2.76 bits per heavy atom. The molecule has 0 fully saturated rings. The normalized spacial score (nSPS) is 13.8. The molecule has 7 nitrogen and oxygen atoms in total. The van der Waals surface area contributed by atoms with Crippen molar-refractivity contribution in [2.24, 2.45) is 5.73 Å². The van der Waals surface area contributed by atoms with Gasteiger partial charge in [0.25, 0.3) is 11.8 Å². The van der Waals surface area contributed by atoms with E-state index in [4.69, 9.17) is 5.73 Å². The van der Waals surface area contributed by atoms with Crippen LogP contribution in [-0.2, 0) is 4.79 Å². The van der Waals surface area contributed by atoms with Gasteiger partial charge in [0.2, 0.25) is 0 Å². The van der Waals surface area contributed by atoms with Gasteiger partial charge in [0.15, 0.2) is 0 Å². The largest absolute Gasteiger partial charge is 0.382 e. The van der Waals surface area contributed by atoms with Crippen LogP contribution in [0, 0.1) is 0 Å². The monoisotopic (exact) mass is 332 g/mol. The van der Waals surface area contributed by atoms with Crippen LogP contribution in [0.25, 0.3) is 0 Å². The van der Waals surface area contributed by atoms with Gasteiger partial charge in [0.05, 0.1) is 5.51 Å². The zero-order chi connectivity index (χ0) is 15.8. The minimum atomic E-state index is -1.37. The number of nitrogens with zero attached hydrogens (tertiary/aromatic N) is 1. The van der Waals surface area contributed by atoms with Crippen LogP contribution in [-0.4, -0.2) is 45.1 Å². The summed E-state index contributed by atoms with van der Waals surface area (Å²) in [6.07, 6.45) is -0.856. The highest BCUT2D eigenvalue weighted by Gasteiger charge is 2.23. The molecule has 1 rings (SSSR count). The van der Waals surface area contributed by atoms with Crippen molar-refractivity contribution in [1.29, 1.82) is 0 Å². The van der Waals surface area contributed by atoms with Gasteiger partial charge in [-0.3, -0.25) is 20.4 Å². The number of hydrogen-bond acceptors (Lipinski definition) is 7. The Morgan fingerprint density at radius 1 is 1.48 bits per heavy atom. The topological polar surface area (TPSA) is 117 Å². The highest BCUT2D eigenvalue weighted by atomic mass is 32.2. The van der Waals surface area contributed by atoms with Gasteiger partial charge in [-0.25, -0.2) is 4.98 Å². The number of nitrogens with one attached hydrogen (secondary N) is 2. The Balaban J connectivity index is 2.31. The third-order valence-corrected chi connectivity index (χ3v) is 4.27. The molecule has 0 aromatic carbocycles. The molecule has 5 N–H and O–H groups in total. The van der Waals surface area contributed by atoms with Gasteiger partial charge in [-0.1, -0.05) is 13.8 Å². The van der Waals surface area contributed by atoms with E-state index < -0.39 is 24.0 Å². The molecule has 0 saturated carbocycles. The van der Waals surface area contributed by atoms with E-state index >= 15 is 0 Å². The Bertz CT molecular complexity index is 453. The maximum Gasteiger partial charge on any atom is 0.289 e. The average molecular weight is 332 g/mol. The molecule has 21 heavy (non-hydrogen) atoms. The van der Waals surface area contributed by atoms with Gasteiger partial charge in [-0.2, -0.15) is 11.8 Å². The zero-order valence-electron chi connectivity index (χ0n) is 11.9. The summed E-state index contributed by atoms with van der Waals surface area (Å²) in [5, 5.41) is 11.8. The first kappa shape index (κ1) is 17.9. The second-order valence-electron chi connectivity index (χ2n) is 4.63. The van der Waals surface area contributed by atoms with E-state index in [-0.39, 0.29) is 5.69 Å². The van der Waals surface area contributed by atoms with Gasteiger partial charge in [0.1, 0.15) is 11.8 Å². The van der Waals surface area contributed by atoms with E-state index in [0.717, 1.165) is 5.75 Å². The summed E-state index contributed by atoms with van der Waals surface area (Å²) >= 11 is 2.97. The van der Waals surface area contributed by atoms with Gasteiger partial charge in [0, 0.05) is 11.4 Å². The molecule has 1 unspecified atom stereocenters. The van der Waals surface area contributed by atoms with E-state index in [1.165, 1.54) is 16.8 Å². The Hall–Kier alpha value is -1.16. The van der Waals surface area contributed by atoms with Crippen LogP contribution in [0.3, 0.4) is 0 Å². The van der Waals surface area contributed by atoms with Gasteiger partial charge in [-0.15, -0.1) is 11.3 Å². The number of carbonyl (C=O) groups excluding carboxylic acids is 2. The number of rotatable bonds is 7. The third-order valence-electron chi connectivity index (χ3n) is 2.54. The summed E-state index contributed by atoms with van der Waals surface area (Å²) in [6, 6.07) is -0.674. The lowest BCUT2D eigenvalue weighted by molar-refractivity contribution is -0.131. The summed E-state index contributed by atoms with van der Waals surface area (Å²) < 4.78 is 0. The summed E-state index contributed by atoms with van der Waals surface area (Å²) in [5.41, 5.74) is 11.8. The number of hydrogen-bond donors (Lipinski definition) is 4. The van der Waals surface area contributed by atoms with Crippen LogP contribution in [0.15, 0.2) is 10.9 Å². The number of amides is 2. The van der Waals surface area contributed by atoms with E-state index in [0.29, 0.717) is 11.7 Å². The van der Waals surface area contributed by atoms with Crippen molar-refractivity contribution in [3.8, 4) is 0 Å². The van der Waals surface area contributed by atoms with Crippen LogP contribution in [0.4, 0.5) is 0 Å². The van der Waals surface area contributed by atoms with Crippen molar-refractivity contribution in [2.75, 3.05) is 5.75 Å². The maximum atomic E-state index is 11.7. The van der Waals surface area contributed by atoms with Gasteiger partial charge in [-0.05, 0) is 17.4 Å². The number of thiazole rings is 1. The molecule has 0 aliphatic rings. The number of aromatic nitrogens is 1. The first-order chi connectivity index (χ1) is 9.91. The lowest BCUT2D eigenvalue weighted by atomic mass is 10.1. The van der Waals surface area contributed by atoms with Crippen LogP contribution in [0.2, 0.25) is 0 Å². The van der Waals surface area contributed by atoms with Crippen molar-refractivity contribution in [1.82, 2.24) is 15.8 Å². The summed E-state index contributed by atoms with van der Waals surface area (Å²) in [5.74, 6) is -0.518. The zero-order valence-corrected chi connectivity index (χ0v) is 13.5. The molecule has 0 aliphatic heterocycles. The Kier molecular flexibility index (Phi) is 7.65. The van der Waals surface area contributed by atoms with Crippen molar-refractivity contribution >= 4 is 34.9 Å². The standard InChI is InChI=1S/C12H20N4O3S2/c1-7(2)21-4-3-8(13)10(17)12(19)16-15-11(18)9-5-20-6-14-9/h5-8,10,17H,3-4,13H2,1-2H3,(H,15,18)(H,16,19)/t8-,10?/m1/s1. The van der Waals surface area contributed by atoms with Crippen molar-refractivity contribution < 1.29 is 14.7 Å². The highest BCUT2D eigenvalue weighted by Crippen LogP contribution is 2.12. The first-order valence-corrected chi connectivity index (χ1v) is 8.44.